The van der Waals surface area contributed by atoms with Gasteiger partial charge in [-0.3, -0.25) is 4.90 Å². The number of ether oxygens (including phenoxy) is 1. The largest absolute Gasteiger partial charge is 0.383 e. The van der Waals surface area contributed by atoms with Crippen LogP contribution >= 0.6 is 11.3 Å². The van der Waals surface area contributed by atoms with Gasteiger partial charge in [0.25, 0.3) is 0 Å². The molecule has 1 unspecified atom stereocenters. The van der Waals surface area contributed by atoms with Gasteiger partial charge in [-0.25, -0.2) is 0 Å². The van der Waals surface area contributed by atoms with Crippen LogP contribution in [-0.4, -0.2) is 44.3 Å². The summed E-state index contributed by atoms with van der Waals surface area (Å²) >= 11 is 1.84. The quantitative estimate of drug-likeness (QED) is 0.669. The van der Waals surface area contributed by atoms with Crippen molar-refractivity contribution in [1.29, 1.82) is 0 Å². The summed E-state index contributed by atoms with van der Waals surface area (Å²) in [5.74, 6) is 0. The second-order valence-electron chi connectivity index (χ2n) is 4.99. The molecule has 4 heteroatoms. The van der Waals surface area contributed by atoms with Gasteiger partial charge < -0.3 is 10.1 Å². The molecule has 3 nitrogen and oxygen atoms in total. The fraction of sp³-hybridized carbons (Fsp3) is 0.733. The second kappa shape index (κ2) is 9.48. The zero-order valence-corrected chi connectivity index (χ0v) is 13.6. The van der Waals surface area contributed by atoms with Crippen LogP contribution in [0.25, 0.3) is 0 Å². The molecule has 0 saturated carbocycles. The molecule has 0 aromatic carbocycles. The number of hydrogen-bond donors (Lipinski definition) is 1. The lowest BCUT2D eigenvalue weighted by Gasteiger charge is -2.28. The van der Waals surface area contributed by atoms with E-state index in [1.807, 2.05) is 11.3 Å². The minimum atomic E-state index is 0.625. The highest BCUT2D eigenvalue weighted by molar-refractivity contribution is 7.10. The summed E-state index contributed by atoms with van der Waals surface area (Å²) in [5, 5.41) is 5.71. The molecule has 0 saturated heterocycles. The lowest BCUT2D eigenvalue weighted by molar-refractivity contribution is 0.123. The Morgan fingerprint density at radius 3 is 2.79 bits per heavy atom. The highest BCUT2D eigenvalue weighted by Gasteiger charge is 2.11. The Labute approximate surface area is 122 Å². The van der Waals surface area contributed by atoms with Crippen LogP contribution in [0.15, 0.2) is 11.4 Å². The molecule has 0 aliphatic carbocycles. The molecule has 1 atom stereocenters. The summed E-state index contributed by atoms with van der Waals surface area (Å²) < 4.78 is 5.19. The molecule has 1 aromatic heterocycles. The van der Waals surface area contributed by atoms with Crippen LogP contribution in [0.4, 0.5) is 0 Å². The van der Waals surface area contributed by atoms with Crippen LogP contribution in [0.2, 0.25) is 0 Å². The number of methoxy groups -OCH3 is 1. The van der Waals surface area contributed by atoms with Crippen LogP contribution < -0.4 is 5.32 Å². The second-order valence-corrected chi connectivity index (χ2v) is 5.99. The number of rotatable bonds is 10. The maximum absolute atomic E-state index is 5.19. The molecule has 0 fully saturated rings. The van der Waals surface area contributed by atoms with Crippen LogP contribution in [0.5, 0.6) is 0 Å². The van der Waals surface area contributed by atoms with Crippen LogP contribution in [0.3, 0.4) is 0 Å². The predicted molar refractivity (Wildman–Crippen MR) is 84.0 cm³/mol. The zero-order valence-electron chi connectivity index (χ0n) is 12.7. The zero-order chi connectivity index (χ0) is 14.1. The van der Waals surface area contributed by atoms with Crippen molar-refractivity contribution in [3.63, 3.8) is 0 Å². The topological polar surface area (TPSA) is 24.5 Å². The SMILES string of the molecule is CCC(C)N(CCNCc1sccc1C)CCOC. The average Bonchev–Trinajstić information content (AvgIpc) is 2.82. The standard InChI is InChI=1S/C15H28N2OS/c1-5-14(3)17(9-10-18-4)8-7-16-12-15-13(2)6-11-19-15/h6,11,14,16H,5,7-10,12H2,1-4H3. The summed E-state index contributed by atoms with van der Waals surface area (Å²) in [5.41, 5.74) is 1.40. The van der Waals surface area contributed by atoms with Gasteiger partial charge in [0.2, 0.25) is 0 Å². The lowest BCUT2D eigenvalue weighted by atomic mass is 10.2. The average molecular weight is 284 g/mol. The van der Waals surface area contributed by atoms with Crippen molar-refractivity contribution in [2.24, 2.45) is 0 Å². The van der Waals surface area contributed by atoms with E-state index >= 15 is 0 Å². The Kier molecular flexibility index (Phi) is 8.30. The van der Waals surface area contributed by atoms with E-state index in [0.717, 1.165) is 32.8 Å². The van der Waals surface area contributed by atoms with E-state index in [1.54, 1.807) is 7.11 Å². The summed E-state index contributed by atoms with van der Waals surface area (Å²) in [6, 6.07) is 2.81. The third kappa shape index (κ3) is 6.04. The molecule has 1 aromatic rings. The lowest BCUT2D eigenvalue weighted by Crippen LogP contribution is -2.40. The first-order chi connectivity index (χ1) is 9.19. The van der Waals surface area contributed by atoms with Gasteiger partial charge in [0.15, 0.2) is 0 Å². The Balaban J connectivity index is 2.25. The normalized spacial score (nSPS) is 13.1. The molecule has 0 amide bonds. The highest BCUT2D eigenvalue weighted by Crippen LogP contribution is 2.14. The van der Waals surface area contributed by atoms with Gasteiger partial charge in [-0.05, 0) is 37.3 Å². The van der Waals surface area contributed by atoms with Gasteiger partial charge in [0.05, 0.1) is 6.61 Å². The number of nitrogens with one attached hydrogen (secondary N) is 1. The molecule has 1 N–H and O–H groups in total. The van der Waals surface area contributed by atoms with E-state index in [9.17, 15) is 0 Å². The van der Waals surface area contributed by atoms with E-state index in [-0.39, 0.29) is 0 Å². The molecular formula is C15H28N2OS. The molecule has 0 bridgehead atoms. The first-order valence-electron chi connectivity index (χ1n) is 7.15. The maximum atomic E-state index is 5.19. The third-order valence-corrected chi connectivity index (χ3v) is 4.65. The first kappa shape index (κ1) is 16.6. The Hall–Kier alpha value is -0.420. The monoisotopic (exact) mass is 284 g/mol. The Morgan fingerprint density at radius 2 is 2.21 bits per heavy atom. The van der Waals surface area contributed by atoms with E-state index in [1.165, 1.54) is 16.9 Å². The Morgan fingerprint density at radius 1 is 1.42 bits per heavy atom. The smallest absolute Gasteiger partial charge is 0.0589 e. The van der Waals surface area contributed by atoms with Crippen LogP contribution in [0.1, 0.15) is 30.7 Å². The van der Waals surface area contributed by atoms with Crippen molar-refractivity contribution in [3.8, 4) is 0 Å². The van der Waals surface area contributed by atoms with Crippen LogP contribution in [0, 0.1) is 6.92 Å². The molecule has 19 heavy (non-hydrogen) atoms. The van der Waals surface area contributed by atoms with E-state index in [0.29, 0.717) is 6.04 Å². The first-order valence-corrected chi connectivity index (χ1v) is 8.03. The Bertz CT molecular complexity index is 341. The van der Waals surface area contributed by atoms with Gasteiger partial charge in [-0.15, -0.1) is 11.3 Å². The maximum Gasteiger partial charge on any atom is 0.0589 e. The molecule has 1 heterocycles. The predicted octanol–water partition coefficient (Wildman–Crippen LogP) is 2.89. The van der Waals surface area contributed by atoms with Gasteiger partial charge in [-0.1, -0.05) is 6.92 Å². The van der Waals surface area contributed by atoms with E-state index in [2.05, 4.69) is 42.4 Å². The van der Waals surface area contributed by atoms with Gasteiger partial charge >= 0.3 is 0 Å². The van der Waals surface area contributed by atoms with Gasteiger partial charge in [-0.2, -0.15) is 0 Å². The molecular weight excluding hydrogens is 256 g/mol. The molecule has 1 rings (SSSR count). The molecule has 0 aliphatic rings. The highest BCUT2D eigenvalue weighted by atomic mass is 32.1. The number of nitrogens with zero attached hydrogens (tertiary/aromatic N) is 1. The minimum absolute atomic E-state index is 0.625. The number of aryl methyl sites for hydroxylation is 1. The summed E-state index contributed by atoms with van der Waals surface area (Å²) in [6.07, 6.45) is 1.19. The fourth-order valence-corrected chi connectivity index (χ4v) is 2.90. The van der Waals surface area contributed by atoms with Crippen molar-refractivity contribution in [2.75, 3.05) is 33.4 Å². The van der Waals surface area contributed by atoms with E-state index < -0.39 is 0 Å². The molecule has 0 aliphatic heterocycles. The van der Waals surface area contributed by atoms with Crippen molar-refractivity contribution >= 4 is 11.3 Å². The van der Waals surface area contributed by atoms with Crippen LogP contribution in [-0.2, 0) is 11.3 Å². The molecule has 110 valence electrons. The van der Waals surface area contributed by atoms with Crippen molar-refractivity contribution in [3.05, 3.63) is 21.9 Å². The number of hydrogen-bond acceptors (Lipinski definition) is 4. The van der Waals surface area contributed by atoms with Crippen molar-refractivity contribution in [2.45, 2.75) is 39.8 Å². The summed E-state index contributed by atoms with van der Waals surface area (Å²) in [7, 11) is 1.77. The van der Waals surface area contributed by atoms with Crippen molar-refractivity contribution in [1.82, 2.24) is 10.2 Å². The molecule has 0 spiro atoms. The van der Waals surface area contributed by atoms with Gasteiger partial charge in [0.1, 0.15) is 0 Å². The van der Waals surface area contributed by atoms with Crippen molar-refractivity contribution < 1.29 is 4.74 Å². The summed E-state index contributed by atoms with van der Waals surface area (Å²) in [6.45, 7) is 11.7. The summed E-state index contributed by atoms with van der Waals surface area (Å²) in [4.78, 5) is 3.95. The number of thiophene rings is 1. The van der Waals surface area contributed by atoms with Gasteiger partial charge in [0, 0.05) is 44.2 Å². The third-order valence-electron chi connectivity index (χ3n) is 3.63. The minimum Gasteiger partial charge on any atom is -0.383 e. The molecule has 0 radical (unpaired) electrons. The van der Waals surface area contributed by atoms with E-state index in [4.69, 9.17) is 4.74 Å². The fourth-order valence-electron chi connectivity index (χ4n) is 2.03.